The van der Waals surface area contributed by atoms with Crippen LogP contribution in [0.3, 0.4) is 0 Å². The molecular weight excluding hydrogens is 188 g/mol. The Morgan fingerprint density at radius 2 is 2.13 bits per heavy atom. The Hall–Kier alpha value is -0.120. The predicted molar refractivity (Wildman–Crippen MR) is 62.0 cm³/mol. The second-order valence-electron chi connectivity index (χ2n) is 5.10. The number of hydrogen-bond acceptors (Lipinski definition) is 3. The zero-order chi connectivity index (χ0) is 10.8. The summed E-state index contributed by atoms with van der Waals surface area (Å²) in [5.41, 5.74) is 0. The molecule has 0 radical (unpaired) electrons. The van der Waals surface area contributed by atoms with E-state index in [1.165, 1.54) is 32.5 Å². The number of ether oxygens (including phenoxy) is 1. The normalized spacial score (nSPS) is 36.2. The van der Waals surface area contributed by atoms with Gasteiger partial charge in [0.25, 0.3) is 0 Å². The average Bonchev–Trinajstić information content (AvgIpc) is 2.70. The molecule has 0 aromatic carbocycles. The molecule has 2 fully saturated rings. The van der Waals surface area contributed by atoms with Gasteiger partial charge in [-0.3, -0.25) is 4.90 Å². The molecule has 3 heteroatoms. The minimum Gasteiger partial charge on any atom is -0.380 e. The molecule has 4 atom stereocenters. The van der Waals surface area contributed by atoms with Gasteiger partial charge in [0.15, 0.2) is 0 Å². The summed E-state index contributed by atoms with van der Waals surface area (Å²) in [4.78, 5) is 2.59. The minimum absolute atomic E-state index is 0.338. The molecule has 3 nitrogen and oxygen atoms in total. The molecule has 2 rings (SSSR count). The zero-order valence-electron chi connectivity index (χ0n) is 10.2. The second-order valence-corrected chi connectivity index (χ2v) is 5.10. The highest BCUT2D eigenvalue weighted by Gasteiger charge is 2.37. The van der Waals surface area contributed by atoms with Crippen molar-refractivity contribution in [3.05, 3.63) is 0 Å². The van der Waals surface area contributed by atoms with Crippen LogP contribution in [0.5, 0.6) is 0 Å². The van der Waals surface area contributed by atoms with Crippen LogP contribution in [-0.2, 0) is 4.74 Å². The van der Waals surface area contributed by atoms with E-state index in [0.29, 0.717) is 12.1 Å². The first-order valence-electron chi connectivity index (χ1n) is 6.22. The van der Waals surface area contributed by atoms with Gasteiger partial charge < -0.3 is 10.1 Å². The maximum absolute atomic E-state index is 5.42. The Kier molecular flexibility index (Phi) is 3.65. The SMILES string of the molecule is COC(C)C(C)N1CC2CCCNC2C1. The highest BCUT2D eigenvalue weighted by molar-refractivity contribution is 4.94. The van der Waals surface area contributed by atoms with E-state index in [0.717, 1.165) is 12.0 Å². The molecule has 0 spiro atoms. The van der Waals surface area contributed by atoms with Crippen molar-refractivity contribution >= 4 is 0 Å². The number of rotatable bonds is 3. The standard InChI is InChI=1S/C12H24N2O/c1-9(10(2)15-3)14-7-11-5-4-6-13-12(11)8-14/h9-13H,4-8H2,1-3H3. The molecule has 0 bridgehead atoms. The molecule has 2 saturated heterocycles. The molecule has 15 heavy (non-hydrogen) atoms. The molecule has 0 saturated carbocycles. The lowest BCUT2D eigenvalue weighted by atomic mass is 9.94. The van der Waals surface area contributed by atoms with Gasteiger partial charge in [0.1, 0.15) is 0 Å². The molecule has 2 heterocycles. The summed E-state index contributed by atoms with van der Waals surface area (Å²) in [7, 11) is 1.81. The molecule has 2 aliphatic rings. The fourth-order valence-electron chi connectivity index (χ4n) is 2.91. The van der Waals surface area contributed by atoms with Crippen LogP contribution in [0.2, 0.25) is 0 Å². The molecule has 0 aliphatic carbocycles. The molecule has 0 aromatic heterocycles. The monoisotopic (exact) mass is 212 g/mol. The second kappa shape index (κ2) is 4.81. The lowest BCUT2D eigenvalue weighted by Gasteiger charge is -2.28. The van der Waals surface area contributed by atoms with Crippen molar-refractivity contribution in [2.75, 3.05) is 26.7 Å². The van der Waals surface area contributed by atoms with Crippen LogP contribution < -0.4 is 5.32 Å². The van der Waals surface area contributed by atoms with Crippen LogP contribution in [0.1, 0.15) is 26.7 Å². The van der Waals surface area contributed by atoms with E-state index in [9.17, 15) is 0 Å². The number of likely N-dealkylation sites (tertiary alicyclic amines) is 1. The fraction of sp³-hybridized carbons (Fsp3) is 1.00. The molecule has 4 unspecified atom stereocenters. The van der Waals surface area contributed by atoms with Crippen molar-refractivity contribution in [1.82, 2.24) is 10.2 Å². The number of nitrogens with zero attached hydrogens (tertiary/aromatic N) is 1. The van der Waals surface area contributed by atoms with Gasteiger partial charge in [-0.1, -0.05) is 0 Å². The number of hydrogen-bond donors (Lipinski definition) is 1. The summed E-state index contributed by atoms with van der Waals surface area (Å²) in [6.07, 6.45) is 3.09. The Morgan fingerprint density at radius 3 is 2.80 bits per heavy atom. The number of fused-ring (bicyclic) bond motifs is 1. The number of methoxy groups -OCH3 is 1. The van der Waals surface area contributed by atoms with Crippen molar-refractivity contribution in [3.8, 4) is 0 Å². The maximum atomic E-state index is 5.42. The molecule has 0 aromatic rings. The largest absolute Gasteiger partial charge is 0.380 e. The maximum Gasteiger partial charge on any atom is 0.0695 e. The van der Waals surface area contributed by atoms with E-state index in [4.69, 9.17) is 4.74 Å². The van der Waals surface area contributed by atoms with E-state index in [2.05, 4.69) is 24.1 Å². The van der Waals surface area contributed by atoms with Gasteiger partial charge in [0.2, 0.25) is 0 Å². The third kappa shape index (κ3) is 2.35. The van der Waals surface area contributed by atoms with Gasteiger partial charge in [0, 0.05) is 32.3 Å². The van der Waals surface area contributed by atoms with Crippen molar-refractivity contribution in [2.45, 2.75) is 44.9 Å². The van der Waals surface area contributed by atoms with Gasteiger partial charge in [-0.15, -0.1) is 0 Å². The first-order chi connectivity index (χ1) is 7.22. The smallest absolute Gasteiger partial charge is 0.0695 e. The zero-order valence-corrected chi connectivity index (χ0v) is 10.2. The first-order valence-corrected chi connectivity index (χ1v) is 6.22. The van der Waals surface area contributed by atoms with Crippen molar-refractivity contribution in [2.24, 2.45) is 5.92 Å². The van der Waals surface area contributed by atoms with Gasteiger partial charge in [-0.25, -0.2) is 0 Å². The Balaban J connectivity index is 1.90. The van der Waals surface area contributed by atoms with Crippen LogP contribution in [0.4, 0.5) is 0 Å². The number of nitrogens with one attached hydrogen (secondary N) is 1. The molecule has 2 aliphatic heterocycles. The van der Waals surface area contributed by atoms with Crippen molar-refractivity contribution in [3.63, 3.8) is 0 Å². The molecule has 88 valence electrons. The van der Waals surface area contributed by atoms with Gasteiger partial charge in [-0.05, 0) is 39.2 Å². The Bertz CT molecular complexity index is 196. The average molecular weight is 212 g/mol. The summed E-state index contributed by atoms with van der Waals surface area (Å²) in [5, 5.41) is 3.64. The van der Waals surface area contributed by atoms with Crippen LogP contribution >= 0.6 is 0 Å². The summed E-state index contributed by atoms with van der Waals surface area (Å²) < 4.78 is 5.42. The molecule has 0 amide bonds. The summed E-state index contributed by atoms with van der Waals surface area (Å²) in [6, 6.07) is 1.28. The summed E-state index contributed by atoms with van der Waals surface area (Å²) in [6.45, 7) is 8.13. The van der Waals surface area contributed by atoms with Crippen LogP contribution in [0.25, 0.3) is 0 Å². The topological polar surface area (TPSA) is 24.5 Å². The summed E-state index contributed by atoms with van der Waals surface area (Å²) in [5.74, 6) is 0.880. The fourth-order valence-corrected chi connectivity index (χ4v) is 2.91. The number of piperidine rings is 1. The van der Waals surface area contributed by atoms with Crippen LogP contribution in [0, 0.1) is 5.92 Å². The van der Waals surface area contributed by atoms with Crippen molar-refractivity contribution < 1.29 is 4.74 Å². The highest BCUT2D eigenvalue weighted by atomic mass is 16.5. The quantitative estimate of drug-likeness (QED) is 0.758. The van der Waals surface area contributed by atoms with Crippen LogP contribution in [-0.4, -0.2) is 49.8 Å². The Morgan fingerprint density at radius 1 is 1.33 bits per heavy atom. The third-order valence-corrected chi connectivity index (χ3v) is 4.25. The molecular formula is C12H24N2O. The third-order valence-electron chi connectivity index (χ3n) is 4.25. The van der Waals surface area contributed by atoms with Gasteiger partial charge in [-0.2, -0.15) is 0 Å². The predicted octanol–water partition coefficient (Wildman–Crippen LogP) is 1.09. The van der Waals surface area contributed by atoms with Crippen LogP contribution in [0.15, 0.2) is 0 Å². The van der Waals surface area contributed by atoms with Gasteiger partial charge in [0.05, 0.1) is 6.10 Å². The van der Waals surface area contributed by atoms with Gasteiger partial charge >= 0.3 is 0 Å². The molecule has 1 N–H and O–H groups in total. The highest BCUT2D eigenvalue weighted by Crippen LogP contribution is 2.27. The Labute approximate surface area is 93.2 Å². The van der Waals surface area contributed by atoms with E-state index in [1.807, 2.05) is 7.11 Å². The van der Waals surface area contributed by atoms with Crippen molar-refractivity contribution in [1.29, 1.82) is 0 Å². The first kappa shape index (κ1) is 11.4. The lowest BCUT2D eigenvalue weighted by Crippen LogP contribution is -2.43. The lowest BCUT2D eigenvalue weighted by molar-refractivity contribution is 0.0413. The summed E-state index contributed by atoms with van der Waals surface area (Å²) >= 11 is 0. The van der Waals surface area contributed by atoms with E-state index < -0.39 is 0 Å². The van der Waals surface area contributed by atoms with E-state index >= 15 is 0 Å². The van der Waals surface area contributed by atoms with E-state index in [-0.39, 0.29) is 0 Å². The van der Waals surface area contributed by atoms with E-state index in [1.54, 1.807) is 0 Å². The minimum atomic E-state index is 0.338.